The van der Waals surface area contributed by atoms with Crippen molar-refractivity contribution in [3.63, 3.8) is 0 Å². The van der Waals surface area contributed by atoms with Crippen LogP contribution in [0.25, 0.3) is 6.08 Å². The molecule has 1 saturated heterocycles. The van der Waals surface area contributed by atoms with Crippen molar-refractivity contribution in [3.05, 3.63) is 65.7 Å². The molecule has 1 amide bonds. The highest BCUT2D eigenvalue weighted by atomic mass is 16.5. The SMILES string of the molecule is COc1ccc(CN2CCN(c3ccccc3/C=C/C(=O)NO)CC2)cc1. The van der Waals surface area contributed by atoms with E-state index in [1.54, 1.807) is 18.7 Å². The fraction of sp³-hybridized carbons (Fsp3) is 0.286. The van der Waals surface area contributed by atoms with Crippen LogP contribution in [0.1, 0.15) is 11.1 Å². The molecule has 1 aliphatic rings. The molecule has 0 aliphatic carbocycles. The van der Waals surface area contributed by atoms with E-state index < -0.39 is 5.91 Å². The van der Waals surface area contributed by atoms with E-state index in [0.717, 1.165) is 49.7 Å². The number of hydrogen-bond acceptors (Lipinski definition) is 5. The van der Waals surface area contributed by atoms with Gasteiger partial charge in [-0.15, -0.1) is 0 Å². The average molecular weight is 367 g/mol. The van der Waals surface area contributed by atoms with Gasteiger partial charge in [-0.05, 0) is 35.4 Å². The van der Waals surface area contributed by atoms with Gasteiger partial charge in [0, 0.05) is 44.5 Å². The molecule has 142 valence electrons. The quantitative estimate of drug-likeness (QED) is 0.467. The molecular formula is C21H25N3O3. The summed E-state index contributed by atoms with van der Waals surface area (Å²) in [6, 6.07) is 16.2. The molecule has 1 aliphatic heterocycles. The Hall–Kier alpha value is -2.83. The Bertz CT molecular complexity index is 782. The number of nitrogens with one attached hydrogen (secondary N) is 1. The molecule has 0 unspecified atom stereocenters. The van der Waals surface area contributed by atoms with Crippen molar-refractivity contribution in [1.82, 2.24) is 10.4 Å². The Morgan fingerprint density at radius 1 is 1.11 bits per heavy atom. The minimum absolute atomic E-state index is 0.533. The van der Waals surface area contributed by atoms with Gasteiger partial charge in [-0.2, -0.15) is 0 Å². The summed E-state index contributed by atoms with van der Waals surface area (Å²) < 4.78 is 5.21. The zero-order valence-corrected chi connectivity index (χ0v) is 15.5. The number of anilines is 1. The molecule has 2 N–H and O–H groups in total. The molecule has 1 fully saturated rings. The van der Waals surface area contributed by atoms with Gasteiger partial charge in [0.1, 0.15) is 5.75 Å². The molecule has 2 aromatic rings. The number of benzene rings is 2. The highest BCUT2D eigenvalue weighted by molar-refractivity contribution is 5.91. The Balaban J connectivity index is 1.60. The lowest BCUT2D eigenvalue weighted by Gasteiger charge is -2.36. The summed E-state index contributed by atoms with van der Waals surface area (Å²) in [4.78, 5) is 16.0. The number of rotatable bonds is 6. The second kappa shape index (κ2) is 9.21. The van der Waals surface area contributed by atoms with Gasteiger partial charge in [0.2, 0.25) is 0 Å². The van der Waals surface area contributed by atoms with Gasteiger partial charge in [0.15, 0.2) is 0 Å². The van der Waals surface area contributed by atoms with Crippen LogP contribution in [-0.2, 0) is 11.3 Å². The van der Waals surface area contributed by atoms with Crippen molar-refractivity contribution in [2.45, 2.75) is 6.54 Å². The maximum absolute atomic E-state index is 11.3. The van der Waals surface area contributed by atoms with Gasteiger partial charge >= 0.3 is 0 Å². The number of hydroxylamine groups is 1. The van der Waals surface area contributed by atoms with Gasteiger partial charge in [-0.25, -0.2) is 5.48 Å². The van der Waals surface area contributed by atoms with Crippen LogP contribution in [0, 0.1) is 0 Å². The minimum atomic E-state index is -0.533. The largest absolute Gasteiger partial charge is 0.497 e. The first-order chi connectivity index (χ1) is 13.2. The topological polar surface area (TPSA) is 65.0 Å². The number of methoxy groups -OCH3 is 1. The number of carbonyl (C=O) groups is 1. The van der Waals surface area contributed by atoms with Gasteiger partial charge < -0.3 is 9.64 Å². The van der Waals surface area contributed by atoms with Gasteiger partial charge in [0.05, 0.1) is 7.11 Å². The van der Waals surface area contributed by atoms with Crippen LogP contribution in [0.2, 0.25) is 0 Å². The molecule has 6 heteroatoms. The van der Waals surface area contributed by atoms with Crippen LogP contribution in [0.3, 0.4) is 0 Å². The van der Waals surface area contributed by atoms with E-state index in [1.807, 2.05) is 30.3 Å². The number of carbonyl (C=O) groups excluding carboxylic acids is 1. The van der Waals surface area contributed by atoms with E-state index >= 15 is 0 Å². The normalized spacial score (nSPS) is 15.1. The van der Waals surface area contributed by atoms with E-state index in [1.165, 1.54) is 11.6 Å². The van der Waals surface area contributed by atoms with Crippen molar-refractivity contribution < 1.29 is 14.7 Å². The van der Waals surface area contributed by atoms with Crippen molar-refractivity contribution in [3.8, 4) is 5.75 Å². The second-order valence-corrected chi connectivity index (χ2v) is 6.48. The Labute approximate surface area is 159 Å². The zero-order valence-electron chi connectivity index (χ0n) is 15.5. The monoisotopic (exact) mass is 367 g/mol. The predicted octanol–water partition coefficient (Wildman–Crippen LogP) is 2.54. The highest BCUT2D eigenvalue weighted by Gasteiger charge is 2.18. The molecular weight excluding hydrogens is 342 g/mol. The predicted molar refractivity (Wildman–Crippen MR) is 106 cm³/mol. The summed E-state index contributed by atoms with van der Waals surface area (Å²) in [5.41, 5.74) is 4.96. The summed E-state index contributed by atoms with van der Waals surface area (Å²) in [5.74, 6) is 0.345. The molecule has 0 aromatic heterocycles. The second-order valence-electron chi connectivity index (χ2n) is 6.48. The summed E-state index contributed by atoms with van der Waals surface area (Å²) in [7, 11) is 1.68. The number of piperazine rings is 1. The van der Waals surface area contributed by atoms with Crippen LogP contribution in [0.15, 0.2) is 54.6 Å². The van der Waals surface area contributed by atoms with E-state index in [-0.39, 0.29) is 0 Å². The van der Waals surface area contributed by atoms with Gasteiger partial charge in [-0.1, -0.05) is 30.3 Å². The third-order valence-electron chi connectivity index (χ3n) is 4.74. The first-order valence-electron chi connectivity index (χ1n) is 9.01. The lowest BCUT2D eigenvalue weighted by molar-refractivity contribution is -0.124. The molecule has 0 saturated carbocycles. The van der Waals surface area contributed by atoms with Crippen molar-refractivity contribution >= 4 is 17.7 Å². The summed E-state index contributed by atoms with van der Waals surface area (Å²) >= 11 is 0. The fourth-order valence-electron chi connectivity index (χ4n) is 3.26. The molecule has 0 bridgehead atoms. The highest BCUT2D eigenvalue weighted by Crippen LogP contribution is 2.23. The number of amides is 1. The van der Waals surface area contributed by atoms with Gasteiger partial charge in [0.25, 0.3) is 5.91 Å². The molecule has 0 radical (unpaired) electrons. The lowest BCUT2D eigenvalue weighted by Crippen LogP contribution is -2.46. The average Bonchev–Trinajstić information content (AvgIpc) is 2.73. The third kappa shape index (κ3) is 5.09. The van der Waals surface area contributed by atoms with E-state index in [0.29, 0.717) is 0 Å². The molecule has 0 spiro atoms. The third-order valence-corrected chi connectivity index (χ3v) is 4.74. The number of nitrogens with zero attached hydrogens (tertiary/aromatic N) is 2. The Kier molecular flexibility index (Phi) is 6.46. The molecule has 2 aromatic carbocycles. The Morgan fingerprint density at radius 2 is 1.81 bits per heavy atom. The minimum Gasteiger partial charge on any atom is -0.497 e. The van der Waals surface area contributed by atoms with Crippen molar-refractivity contribution in [2.75, 3.05) is 38.2 Å². The number of hydrogen-bond donors (Lipinski definition) is 2. The Morgan fingerprint density at radius 3 is 2.48 bits per heavy atom. The first kappa shape index (κ1) is 18.9. The molecule has 6 nitrogen and oxygen atoms in total. The standard InChI is InChI=1S/C21H25N3O3/c1-27-19-9-6-17(7-10-19)16-23-12-14-24(15-13-23)20-5-3-2-4-18(20)8-11-21(25)22-26/h2-11,26H,12-16H2,1H3,(H,22,25)/b11-8+. The van der Waals surface area contributed by atoms with Crippen molar-refractivity contribution in [2.24, 2.45) is 0 Å². The smallest absolute Gasteiger partial charge is 0.267 e. The molecule has 0 atom stereocenters. The molecule has 27 heavy (non-hydrogen) atoms. The van der Waals surface area contributed by atoms with Gasteiger partial charge in [-0.3, -0.25) is 14.9 Å². The van der Waals surface area contributed by atoms with Crippen LogP contribution in [-0.4, -0.2) is 49.3 Å². The summed E-state index contributed by atoms with van der Waals surface area (Å²) in [5, 5.41) is 8.64. The summed E-state index contributed by atoms with van der Waals surface area (Å²) in [6.45, 7) is 4.72. The molecule has 3 rings (SSSR count). The van der Waals surface area contributed by atoms with Crippen molar-refractivity contribution in [1.29, 1.82) is 0 Å². The lowest BCUT2D eigenvalue weighted by atomic mass is 10.1. The van der Waals surface area contributed by atoms with Crippen LogP contribution in [0.5, 0.6) is 5.75 Å². The summed E-state index contributed by atoms with van der Waals surface area (Å²) in [6.07, 6.45) is 3.06. The number of ether oxygens (including phenoxy) is 1. The maximum Gasteiger partial charge on any atom is 0.267 e. The maximum atomic E-state index is 11.3. The molecule has 1 heterocycles. The van der Waals surface area contributed by atoms with Crippen LogP contribution in [0.4, 0.5) is 5.69 Å². The zero-order chi connectivity index (χ0) is 19.1. The van der Waals surface area contributed by atoms with E-state index in [4.69, 9.17) is 9.94 Å². The fourth-order valence-corrected chi connectivity index (χ4v) is 3.26. The van der Waals surface area contributed by atoms with E-state index in [2.05, 4.69) is 28.0 Å². The number of para-hydroxylation sites is 1. The van der Waals surface area contributed by atoms with Crippen LogP contribution >= 0.6 is 0 Å². The van der Waals surface area contributed by atoms with Crippen LogP contribution < -0.4 is 15.1 Å². The van der Waals surface area contributed by atoms with E-state index in [9.17, 15) is 4.79 Å². The first-order valence-corrected chi connectivity index (χ1v) is 9.01.